The van der Waals surface area contributed by atoms with E-state index in [0.717, 1.165) is 11.6 Å². The van der Waals surface area contributed by atoms with E-state index in [4.69, 9.17) is 0 Å². The van der Waals surface area contributed by atoms with Crippen molar-refractivity contribution in [2.75, 3.05) is 5.32 Å². The number of hydrogen-bond acceptors (Lipinski definition) is 4. The van der Waals surface area contributed by atoms with Crippen molar-refractivity contribution in [1.82, 2.24) is 5.32 Å². The SMILES string of the molecule is Cc1ccc(NC(=O)C=C2SC(=O)NC2=O)cc1. The Bertz CT molecular complexity index is 549. The first kappa shape index (κ1) is 12.4. The quantitative estimate of drug-likeness (QED) is 0.797. The second-order valence-electron chi connectivity index (χ2n) is 3.71. The van der Waals surface area contributed by atoms with Gasteiger partial charge in [-0.25, -0.2) is 0 Å². The summed E-state index contributed by atoms with van der Waals surface area (Å²) < 4.78 is 0. The number of nitrogens with one attached hydrogen (secondary N) is 2. The number of amides is 3. The Morgan fingerprint density at radius 1 is 1.28 bits per heavy atom. The Balaban J connectivity index is 2.05. The van der Waals surface area contributed by atoms with Gasteiger partial charge in [-0.05, 0) is 30.8 Å². The zero-order chi connectivity index (χ0) is 13.1. The average molecular weight is 262 g/mol. The molecule has 0 unspecified atom stereocenters. The number of anilines is 1. The van der Waals surface area contributed by atoms with E-state index in [1.165, 1.54) is 0 Å². The number of hydrogen-bond donors (Lipinski definition) is 2. The first-order valence-corrected chi connectivity index (χ1v) is 5.99. The Morgan fingerprint density at radius 2 is 1.94 bits per heavy atom. The van der Waals surface area contributed by atoms with Crippen LogP contribution >= 0.6 is 11.8 Å². The number of carbonyl (C=O) groups is 3. The zero-order valence-electron chi connectivity index (χ0n) is 9.52. The normalized spacial score (nSPS) is 16.8. The Hall–Kier alpha value is -2.08. The van der Waals surface area contributed by atoms with Crippen LogP contribution in [0.15, 0.2) is 35.2 Å². The van der Waals surface area contributed by atoms with Gasteiger partial charge in [-0.15, -0.1) is 0 Å². The van der Waals surface area contributed by atoms with Gasteiger partial charge in [-0.3, -0.25) is 19.7 Å². The molecule has 1 aromatic rings. The Labute approximate surface area is 108 Å². The maximum atomic E-state index is 11.6. The summed E-state index contributed by atoms with van der Waals surface area (Å²) >= 11 is 0.716. The van der Waals surface area contributed by atoms with Crippen molar-refractivity contribution in [3.8, 4) is 0 Å². The molecule has 1 aliphatic heterocycles. The van der Waals surface area contributed by atoms with E-state index in [0.29, 0.717) is 17.4 Å². The minimum absolute atomic E-state index is 0.101. The van der Waals surface area contributed by atoms with Crippen LogP contribution in [0.4, 0.5) is 10.5 Å². The van der Waals surface area contributed by atoms with E-state index < -0.39 is 17.1 Å². The molecule has 18 heavy (non-hydrogen) atoms. The third-order valence-electron chi connectivity index (χ3n) is 2.22. The van der Waals surface area contributed by atoms with E-state index in [9.17, 15) is 14.4 Å². The monoisotopic (exact) mass is 262 g/mol. The van der Waals surface area contributed by atoms with Crippen LogP contribution in [0.2, 0.25) is 0 Å². The van der Waals surface area contributed by atoms with E-state index in [2.05, 4.69) is 10.6 Å². The summed E-state index contributed by atoms with van der Waals surface area (Å²) in [6.45, 7) is 1.94. The van der Waals surface area contributed by atoms with Crippen LogP contribution in [0.3, 0.4) is 0 Å². The number of imide groups is 1. The highest BCUT2D eigenvalue weighted by atomic mass is 32.2. The molecule has 0 radical (unpaired) electrons. The third kappa shape index (κ3) is 2.98. The van der Waals surface area contributed by atoms with E-state index >= 15 is 0 Å². The zero-order valence-corrected chi connectivity index (χ0v) is 10.3. The minimum Gasteiger partial charge on any atom is -0.322 e. The van der Waals surface area contributed by atoms with Crippen molar-refractivity contribution >= 4 is 34.5 Å². The van der Waals surface area contributed by atoms with Crippen molar-refractivity contribution < 1.29 is 14.4 Å². The van der Waals surface area contributed by atoms with E-state index in [1.807, 2.05) is 19.1 Å². The van der Waals surface area contributed by atoms with Crippen LogP contribution in [0.1, 0.15) is 5.56 Å². The van der Waals surface area contributed by atoms with Gasteiger partial charge >= 0.3 is 0 Å². The summed E-state index contributed by atoms with van der Waals surface area (Å²) in [6.07, 6.45) is 1.12. The van der Waals surface area contributed by atoms with Crippen LogP contribution < -0.4 is 10.6 Å². The molecular weight excluding hydrogens is 252 g/mol. The van der Waals surface area contributed by atoms with Gasteiger partial charge in [0.2, 0.25) is 5.91 Å². The molecule has 1 fully saturated rings. The maximum absolute atomic E-state index is 11.6. The molecule has 1 saturated heterocycles. The number of rotatable bonds is 2. The van der Waals surface area contributed by atoms with Crippen molar-refractivity contribution in [2.24, 2.45) is 0 Å². The molecule has 92 valence electrons. The lowest BCUT2D eigenvalue weighted by Crippen LogP contribution is -2.18. The predicted octanol–water partition coefficient (Wildman–Crippen LogP) is 1.80. The molecule has 0 aromatic heterocycles. The standard InChI is InChI=1S/C12H10N2O3S/c1-7-2-4-8(5-3-7)13-10(15)6-9-11(16)14-12(17)18-9/h2-6H,1H3,(H,13,15)(H,14,16,17). The first-order chi connectivity index (χ1) is 8.54. The molecule has 2 N–H and O–H groups in total. The Morgan fingerprint density at radius 3 is 2.50 bits per heavy atom. The molecule has 1 heterocycles. The maximum Gasteiger partial charge on any atom is 0.290 e. The number of carbonyl (C=O) groups excluding carboxylic acids is 3. The fourth-order valence-corrected chi connectivity index (χ4v) is 2.01. The second-order valence-corrected chi connectivity index (χ2v) is 4.72. The average Bonchev–Trinajstić information content (AvgIpc) is 2.61. The van der Waals surface area contributed by atoms with Crippen LogP contribution in [-0.2, 0) is 9.59 Å². The third-order valence-corrected chi connectivity index (χ3v) is 3.03. The van der Waals surface area contributed by atoms with E-state index in [1.54, 1.807) is 12.1 Å². The summed E-state index contributed by atoms with van der Waals surface area (Å²) in [5.41, 5.74) is 1.72. The number of aryl methyl sites for hydroxylation is 1. The smallest absolute Gasteiger partial charge is 0.290 e. The van der Waals surface area contributed by atoms with Gasteiger partial charge in [-0.1, -0.05) is 17.7 Å². The molecule has 0 saturated carbocycles. The van der Waals surface area contributed by atoms with Crippen molar-refractivity contribution in [3.05, 3.63) is 40.8 Å². The largest absolute Gasteiger partial charge is 0.322 e. The van der Waals surface area contributed by atoms with Gasteiger partial charge in [0.25, 0.3) is 11.1 Å². The summed E-state index contributed by atoms with van der Waals surface area (Å²) in [5.74, 6) is -0.977. The molecular formula is C12H10N2O3S. The van der Waals surface area contributed by atoms with Gasteiger partial charge < -0.3 is 5.32 Å². The first-order valence-electron chi connectivity index (χ1n) is 5.17. The van der Waals surface area contributed by atoms with Crippen molar-refractivity contribution in [1.29, 1.82) is 0 Å². The van der Waals surface area contributed by atoms with Crippen molar-refractivity contribution in [3.63, 3.8) is 0 Å². The van der Waals surface area contributed by atoms with Gasteiger partial charge in [0.15, 0.2) is 0 Å². The molecule has 6 heteroatoms. The lowest BCUT2D eigenvalue weighted by Gasteiger charge is -2.02. The highest BCUT2D eigenvalue weighted by Gasteiger charge is 2.25. The van der Waals surface area contributed by atoms with Gasteiger partial charge in [0, 0.05) is 11.8 Å². The lowest BCUT2D eigenvalue weighted by atomic mass is 10.2. The predicted molar refractivity (Wildman–Crippen MR) is 69.0 cm³/mol. The fraction of sp³-hybridized carbons (Fsp3) is 0.0833. The van der Waals surface area contributed by atoms with Crippen LogP contribution in [-0.4, -0.2) is 17.1 Å². The molecule has 0 bridgehead atoms. The van der Waals surface area contributed by atoms with Crippen LogP contribution in [0, 0.1) is 6.92 Å². The van der Waals surface area contributed by atoms with Gasteiger partial charge in [0.1, 0.15) is 0 Å². The molecule has 1 aliphatic rings. The lowest BCUT2D eigenvalue weighted by molar-refractivity contribution is -0.116. The summed E-state index contributed by atoms with van der Waals surface area (Å²) in [6, 6.07) is 7.25. The summed E-state index contributed by atoms with van der Waals surface area (Å²) in [5, 5.41) is 4.23. The minimum atomic E-state index is -0.538. The molecule has 2 rings (SSSR count). The molecule has 0 atom stereocenters. The fourth-order valence-electron chi connectivity index (χ4n) is 1.36. The number of thioether (sulfide) groups is 1. The van der Waals surface area contributed by atoms with Gasteiger partial charge in [-0.2, -0.15) is 0 Å². The molecule has 3 amide bonds. The molecule has 0 aliphatic carbocycles. The van der Waals surface area contributed by atoms with Crippen LogP contribution in [0.25, 0.3) is 0 Å². The highest BCUT2D eigenvalue weighted by Crippen LogP contribution is 2.22. The highest BCUT2D eigenvalue weighted by molar-refractivity contribution is 8.18. The molecule has 0 spiro atoms. The van der Waals surface area contributed by atoms with Gasteiger partial charge in [0.05, 0.1) is 4.91 Å². The number of benzene rings is 1. The van der Waals surface area contributed by atoms with E-state index in [-0.39, 0.29) is 4.91 Å². The summed E-state index contributed by atoms with van der Waals surface area (Å²) in [7, 11) is 0. The Kier molecular flexibility index (Phi) is 3.47. The molecule has 1 aromatic carbocycles. The van der Waals surface area contributed by atoms with Crippen LogP contribution in [0.5, 0.6) is 0 Å². The molecule has 5 nitrogen and oxygen atoms in total. The second kappa shape index (κ2) is 5.05. The van der Waals surface area contributed by atoms with Crippen molar-refractivity contribution in [2.45, 2.75) is 6.92 Å². The summed E-state index contributed by atoms with van der Waals surface area (Å²) in [4.78, 5) is 33.8. The topological polar surface area (TPSA) is 75.3 Å².